The van der Waals surface area contributed by atoms with Crippen LogP contribution in [0, 0.1) is 13.8 Å². The molecular formula is C12H19NO2S. The first-order chi connectivity index (χ1) is 7.29. The molecule has 0 aliphatic carbocycles. The van der Waals surface area contributed by atoms with Crippen molar-refractivity contribution in [3.63, 3.8) is 0 Å². The molecule has 1 rings (SSSR count). The van der Waals surface area contributed by atoms with Crippen LogP contribution in [-0.2, 0) is 9.84 Å². The standard InChI is InChI=1S/C12H19NO2S/c1-9-6-5-7-12(11(9)3)13-10(2)8-16(4,14)15/h5-7,10,13H,8H2,1-4H3. The lowest BCUT2D eigenvalue weighted by atomic mass is 10.1. The fourth-order valence-corrected chi connectivity index (χ4v) is 2.66. The summed E-state index contributed by atoms with van der Waals surface area (Å²) in [6.07, 6.45) is 1.26. The summed E-state index contributed by atoms with van der Waals surface area (Å²) >= 11 is 0. The zero-order valence-corrected chi connectivity index (χ0v) is 11.1. The van der Waals surface area contributed by atoms with Gasteiger partial charge in [0.05, 0.1) is 5.75 Å². The third-order valence-electron chi connectivity index (χ3n) is 2.56. The minimum atomic E-state index is -2.93. The van der Waals surface area contributed by atoms with Crippen LogP contribution in [-0.4, -0.2) is 26.5 Å². The summed E-state index contributed by atoms with van der Waals surface area (Å²) in [5, 5.41) is 3.23. The van der Waals surface area contributed by atoms with Crippen LogP contribution in [0.15, 0.2) is 18.2 Å². The van der Waals surface area contributed by atoms with E-state index in [0.717, 1.165) is 5.69 Å². The molecule has 3 nitrogen and oxygen atoms in total. The molecule has 0 aliphatic rings. The van der Waals surface area contributed by atoms with E-state index < -0.39 is 9.84 Å². The van der Waals surface area contributed by atoms with Crippen molar-refractivity contribution in [1.29, 1.82) is 0 Å². The molecule has 0 aromatic heterocycles. The molecule has 0 radical (unpaired) electrons. The largest absolute Gasteiger partial charge is 0.381 e. The first kappa shape index (κ1) is 13.0. The lowest BCUT2D eigenvalue weighted by molar-refractivity contribution is 0.598. The fourth-order valence-electron chi connectivity index (χ4n) is 1.67. The van der Waals surface area contributed by atoms with E-state index in [2.05, 4.69) is 5.32 Å². The van der Waals surface area contributed by atoms with Crippen LogP contribution >= 0.6 is 0 Å². The van der Waals surface area contributed by atoms with Crippen LogP contribution < -0.4 is 5.32 Å². The minimum Gasteiger partial charge on any atom is -0.381 e. The van der Waals surface area contributed by atoms with E-state index in [1.54, 1.807) is 0 Å². The summed E-state index contributed by atoms with van der Waals surface area (Å²) in [5.74, 6) is 0.153. The fraction of sp³-hybridized carbons (Fsp3) is 0.500. The molecule has 0 saturated carbocycles. The van der Waals surface area contributed by atoms with Crippen LogP contribution in [0.25, 0.3) is 0 Å². The molecule has 4 heteroatoms. The van der Waals surface area contributed by atoms with Gasteiger partial charge in [0, 0.05) is 18.0 Å². The van der Waals surface area contributed by atoms with Crippen molar-refractivity contribution < 1.29 is 8.42 Å². The van der Waals surface area contributed by atoms with E-state index in [0.29, 0.717) is 0 Å². The van der Waals surface area contributed by atoms with Gasteiger partial charge in [-0.2, -0.15) is 0 Å². The predicted molar refractivity (Wildman–Crippen MR) is 68.7 cm³/mol. The molecule has 1 aromatic carbocycles. The van der Waals surface area contributed by atoms with Gasteiger partial charge in [0.2, 0.25) is 0 Å². The van der Waals surface area contributed by atoms with E-state index in [4.69, 9.17) is 0 Å². The van der Waals surface area contributed by atoms with Gasteiger partial charge in [0.15, 0.2) is 0 Å². The summed E-state index contributed by atoms with van der Waals surface area (Å²) < 4.78 is 22.3. The van der Waals surface area contributed by atoms with Crippen LogP contribution in [0.5, 0.6) is 0 Å². The van der Waals surface area contributed by atoms with Crippen molar-refractivity contribution in [2.75, 3.05) is 17.3 Å². The molecule has 0 heterocycles. The van der Waals surface area contributed by atoms with E-state index in [1.807, 2.05) is 39.0 Å². The Kier molecular flexibility index (Phi) is 3.97. The van der Waals surface area contributed by atoms with Crippen molar-refractivity contribution in [1.82, 2.24) is 0 Å². The topological polar surface area (TPSA) is 46.2 Å². The molecule has 0 fully saturated rings. The van der Waals surface area contributed by atoms with Crippen LogP contribution in [0.1, 0.15) is 18.1 Å². The maximum atomic E-state index is 11.1. The molecule has 1 unspecified atom stereocenters. The van der Waals surface area contributed by atoms with Gasteiger partial charge in [0.25, 0.3) is 0 Å². The van der Waals surface area contributed by atoms with Crippen molar-refractivity contribution in [3.05, 3.63) is 29.3 Å². The maximum absolute atomic E-state index is 11.1. The Bertz CT molecular complexity index is 466. The van der Waals surface area contributed by atoms with Crippen molar-refractivity contribution in [2.24, 2.45) is 0 Å². The lowest BCUT2D eigenvalue weighted by Crippen LogP contribution is -2.25. The van der Waals surface area contributed by atoms with Crippen molar-refractivity contribution >= 4 is 15.5 Å². The lowest BCUT2D eigenvalue weighted by Gasteiger charge is -2.17. The summed E-state index contributed by atoms with van der Waals surface area (Å²) in [4.78, 5) is 0. The average Bonchev–Trinajstić information content (AvgIpc) is 2.09. The summed E-state index contributed by atoms with van der Waals surface area (Å²) in [7, 11) is -2.93. The number of nitrogens with one attached hydrogen (secondary N) is 1. The normalized spacial score (nSPS) is 13.5. The predicted octanol–water partition coefficient (Wildman–Crippen LogP) is 2.15. The zero-order valence-electron chi connectivity index (χ0n) is 10.2. The highest BCUT2D eigenvalue weighted by Crippen LogP contribution is 2.18. The van der Waals surface area contributed by atoms with Crippen LogP contribution in [0.4, 0.5) is 5.69 Å². The SMILES string of the molecule is Cc1cccc(NC(C)CS(C)(=O)=O)c1C. The number of hydrogen-bond acceptors (Lipinski definition) is 3. The number of hydrogen-bond donors (Lipinski definition) is 1. The minimum absolute atomic E-state index is 0.0736. The van der Waals surface area contributed by atoms with Gasteiger partial charge in [-0.05, 0) is 38.0 Å². The quantitative estimate of drug-likeness (QED) is 0.878. The van der Waals surface area contributed by atoms with E-state index in [-0.39, 0.29) is 11.8 Å². The number of benzene rings is 1. The third-order valence-corrected chi connectivity index (χ3v) is 3.66. The van der Waals surface area contributed by atoms with Gasteiger partial charge in [-0.25, -0.2) is 8.42 Å². The smallest absolute Gasteiger partial charge is 0.149 e. The Balaban J connectivity index is 2.77. The Morgan fingerprint density at radius 2 is 1.94 bits per heavy atom. The van der Waals surface area contributed by atoms with Gasteiger partial charge in [-0.3, -0.25) is 0 Å². The van der Waals surface area contributed by atoms with Crippen molar-refractivity contribution in [2.45, 2.75) is 26.8 Å². The summed E-state index contributed by atoms with van der Waals surface area (Å²) in [5.41, 5.74) is 3.38. The second kappa shape index (κ2) is 4.87. The van der Waals surface area contributed by atoms with Crippen molar-refractivity contribution in [3.8, 4) is 0 Å². The molecule has 1 atom stereocenters. The van der Waals surface area contributed by atoms with Gasteiger partial charge in [0.1, 0.15) is 9.84 Å². The Labute approximate surface area is 97.8 Å². The Morgan fingerprint density at radius 3 is 2.50 bits per heavy atom. The molecule has 90 valence electrons. The van der Waals surface area contributed by atoms with Crippen LogP contribution in [0.2, 0.25) is 0 Å². The first-order valence-electron chi connectivity index (χ1n) is 5.30. The second-order valence-electron chi connectivity index (χ2n) is 4.39. The van der Waals surface area contributed by atoms with Gasteiger partial charge >= 0.3 is 0 Å². The van der Waals surface area contributed by atoms with Gasteiger partial charge < -0.3 is 5.32 Å². The number of anilines is 1. The number of sulfone groups is 1. The highest BCUT2D eigenvalue weighted by molar-refractivity contribution is 7.90. The summed E-state index contributed by atoms with van der Waals surface area (Å²) in [6.45, 7) is 5.95. The van der Waals surface area contributed by atoms with Gasteiger partial charge in [-0.1, -0.05) is 12.1 Å². The number of aryl methyl sites for hydroxylation is 1. The Hall–Kier alpha value is -1.03. The first-order valence-corrected chi connectivity index (χ1v) is 7.36. The van der Waals surface area contributed by atoms with Crippen LogP contribution in [0.3, 0.4) is 0 Å². The molecule has 0 aliphatic heterocycles. The van der Waals surface area contributed by atoms with Gasteiger partial charge in [-0.15, -0.1) is 0 Å². The molecule has 16 heavy (non-hydrogen) atoms. The third kappa shape index (κ3) is 3.85. The molecular weight excluding hydrogens is 222 g/mol. The maximum Gasteiger partial charge on any atom is 0.149 e. The highest BCUT2D eigenvalue weighted by atomic mass is 32.2. The number of rotatable bonds is 4. The summed E-state index contributed by atoms with van der Waals surface area (Å²) in [6, 6.07) is 5.91. The monoisotopic (exact) mass is 241 g/mol. The Morgan fingerprint density at radius 1 is 1.31 bits per heavy atom. The van der Waals surface area contributed by atoms with E-state index >= 15 is 0 Å². The second-order valence-corrected chi connectivity index (χ2v) is 6.57. The zero-order chi connectivity index (χ0) is 12.3. The highest BCUT2D eigenvalue weighted by Gasteiger charge is 2.11. The van der Waals surface area contributed by atoms with E-state index in [1.165, 1.54) is 17.4 Å². The molecule has 0 saturated heterocycles. The molecule has 1 N–H and O–H groups in total. The van der Waals surface area contributed by atoms with E-state index in [9.17, 15) is 8.42 Å². The molecule has 0 amide bonds. The molecule has 0 bridgehead atoms. The molecule has 0 spiro atoms. The average molecular weight is 241 g/mol. The molecule has 1 aromatic rings.